The van der Waals surface area contributed by atoms with Crippen LogP contribution in [0.25, 0.3) is 0 Å². The number of nitriles is 1. The molecule has 1 unspecified atom stereocenters. The number of alkyl halides is 9. The largest absolute Gasteiger partial charge is 0.524 e. The Morgan fingerprint density at radius 1 is 0.455 bits per heavy atom. The maximum Gasteiger partial charge on any atom is 0.524 e. The molecule has 718 valence electrons. The Balaban J connectivity index is 0.00000143. The Morgan fingerprint density at radius 2 is 0.760 bits per heavy atom. The number of halogens is 9. The minimum Gasteiger partial charge on any atom is -0.457 e. The van der Waals surface area contributed by atoms with Crippen molar-refractivity contribution < 1.29 is 196 Å². The molecule has 7 aliphatic rings. The number of fused-ring (bicyclic) bond motifs is 1. The van der Waals surface area contributed by atoms with Gasteiger partial charge in [-0.15, -0.1) is 3.63 Å². The van der Waals surface area contributed by atoms with Crippen LogP contribution in [-0.2, 0) is 147 Å². The molecule has 0 radical (unpaired) electrons. The van der Waals surface area contributed by atoms with E-state index in [-0.39, 0.29) is 47.9 Å². The summed E-state index contributed by atoms with van der Waals surface area (Å²) in [5.74, 6) is -1.62. The number of rotatable bonds is 27. The molecule has 7 rings (SSSR count). The SMILES string of the molecule is CC#N.CC[C@@]1(C(C)C)OC(OC(C)=O)[C@H](OC(C)=O)[C@@H]1OC.CC[C@@]1([C@@H](C)O)O[C@@H]2OC(C)(C)O[C@@H]2[C@@H]1OC.O=S(=O)(OS(=O)(=O)C(F)(F)F)C(F)(F)F.[3H][C@@H]1O[C@@](CC)(C(C)C)[C@@H](OC)[C@@H]1O.[3H][C@@H]1O[C@@](CC)(C(C)C)[C@@H](OC)[C@@H]1OS(=O)(=O)C(F)(F)F.[3H][C@@H]1O[C@@](CC)(C(C)C)[C@@H](OC)[C@H]1OC(C)=O.[3H][C@@H]1O[C@@](CC)(C(C)C)[C@@H](OC)[C@H]1OS(C)(=O)=O. The highest BCUT2D eigenvalue weighted by molar-refractivity contribution is 8.00. The summed E-state index contributed by atoms with van der Waals surface area (Å²) in [6.45, 7) is 37.4. The van der Waals surface area contributed by atoms with Crippen LogP contribution in [0.15, 0.2) is 0 Å². The summed E-state index contributed by atoms with van der Waals surface area (Å²) in [6, 6.07) is 1.75. The molecule has 7 fully saturated rings. The number of ether oxygens (including phenoxy) is 17. The van der Waals surface area contributed by atoms with Gasteiger partial charge in [-0.2, -0.15) is 78.4 Å². The Hall–Kier alpha value is -3.69. The molecule has 0 bridgehead atoms. The number of methoxy groups -OCH3 is 6. The molecule has 7 heterocycles. The normalized spacial score (nSPS) is 35.8. The predicted octanol–water partition coefficient (Wildman–Crippen LogP) is 10.1. The van der Waals surface area contributed by atoms with Crippen molar-refractivity contribution in [1.29, 1.82) is 5.26 Å². The lowest BCUT2D eigenvalue weighted by atomic mass is 9.82. The van der Waals surface area contributed by atoms with Gasteiger partial charge in [0.1, 0.15) is 77.8 Å². The van der Waals surface area contributed by atoms with Crippen LogP contribution in [-0.4, -0.2) is 285 Å². The standard InChI is InChI=1S/C14H24O6.C12H22O5.C12H22O4.C11H19F3O5S.C11H22O5S.C10H20O3.C2F6O5S2.C2H3N/c1-7-14(8(2)3)12(17-6)11(18-9(4)15)13(20-14)19-10(5)16;1-6-12(7(2)13)9(14-5)8-10(17-12)16-11(3,4)15-8;1-6-12(8(2)3)11(14-5)10(7-15-12)16-9(4)13;1-5-10(7(2)3)9(17-4)8(6-18-10)19-20(15,16)11(12,13)14;1-6-11(8(2)3)10(14-4)9(7-15-11)16-17(5,12)13;1-5-10(7(2)3)9(12-4)8(11)6-13-10;3-1(4,5)14(9,10)13-15(11,12)2(6,7)8;1-2-3/h8,11-13H,7H2,1-6H3;7-10,13H,6H2,1-5H3;8,10-11H,6-7H2,1-5H3;7-9H,5-6H2,1-4H3;8-10H,6-7H2,1-5H3;7-9,11H,5-6H2,1-4H3;;1H3/t11-,12+,13?,14+;7-,8-,9+,10+,12+;10-,11-,12-;8-,9+,10+;9-,10-,11-;8-,9+,10+;;/m110101../s1/i;;7T;6T;7T;6T;;/t;;7-,10-,11-,12-;6-,8+,9-,10-;7-,9-,10-,11-;6-,8+,9-,10-;;/m..0000... The molecule has 34 nitrogen and oxygen atoms in total. The summed E-state index contributed by atoms with van der Waals surface area (Å²) in [6.07, 6.45) is -5.76. The van der Waals surface area contributed by atoms with E-state index in [1.807, 2.05) is 107 Å². The predicted molar refractivity (Wildman–Crippen MR) is 413 cm³/mol. The maximum absolute atomic E-state index is 12.4. The van der Waals surface area contributed by atoms with Gasteiger partial charge in [-0.3, -0.25) is 22.7 Å². The first-order valence-corrected chi connectivity index (χ1v) is 44.5. The molecule has 0 aromatic carbocycles. The van der Waals surface area contributed by atoms with Gasteiger partial charge in [0.15, 0.2) is 24.3 Å². The fraction of sp³-hybridized carbons (Fsp3) is 0.946. The molecule has 47 heteroatoms. The minimum absolute atomic E-state index is 0.0912. The highest BCUT2D eigenvalue weighted by Gasteiger charge is 2.65. The van der Waals surface area contributed by atoms with Gasteiger partial charge in [0.25, 0.3) is 10.1 Å². The van der Waals surface area contributed by atoms with Gasteiger partial charge in [-0.25, -0.2) is 0 Å². The monoisotopic (exact) mass is 1870 g/mol. The van der Waals surface area contributed by atoms with E-state index in [1.165, 1.54) is 49.0 Å². The number of hydrogen-bond acceptors (Lipinski definition) is 34. The first-order chi connectivity index (χ1) is 56.7. The van der Waals surface area contributed by atoms with Crippen LogP contribution < -0.4 is 0 Å². The van der Waals surface area contributed by atoms with Gasteiger partial charge in [0, 0.05) is 70.4 Å². The Bertz CT molecular complexity index is 3820. The van der Waals surface area contributed by atoms with Crippen molar-refractivity contribution >= 4 is 58.4 Å². The molecule has 0 saturated carbocycles. The molecule has 0 aromatic rings. The van der Waals surface area contributed by atoms with E-state index in [2.05, 4.69) is 4.18 Å². The zero-order valence-electron chi connectivity index (χ0n) is 78.1. The average molecular weight is 1870 g/mol. The van der Waals surface area contributed by atoms with E-state index < -0.39 is 214 Å². The summed E-state index contributed by atoms with van der Waals surface area (Å²) in [5.41, 5.74) is -22.3. The van der Waals surface area contributed by atoms with Gasteiger partial charge < -0.3 is 90.7 Å². The molecule has 25 atom stereocenters. The third-order valence-electron chi connectivity index (χ3n) is 21.3. The summed E-state index contributed by atoms with van der Waals surface area (Å²) >= 11 is 0. The zero-order chi connectivity index (χ0) is 98.7. The number of aliphatic hydroxyl groups is 2. The molecule has 7 aliphatic heterocycles. The second kappa shape index (κ2) is 47.6. The quantitative estimate of drug-likeness (QED) is 0.0254. The molecule has 0 aliphatic carbocycles. The number of aliphatic hydroxyl groups excluding tert-OH is 2. The van der Waals surface area contributed by atoms with Crippen LogP contribution in [0.5, 0.6) is 0 Å². The van der Waals surface area contributed by atoms with Crippen molar-refractivity contribution in [2.24, 2.45) is 29.6 Å². The van der Waals surface area contributed by atoms with Crippen LogP contribution in [0.4, 0.5) is 39.5 Å². The third-order valence-corrected chi connectivity index (χ3v) is 25.5. The minimum atomic E-state index is -6.85. The molecule has 0 amide bonds. The van der Waals surface area contributed by atoms with Crippen LogP contribution >= 0.6 is 0 Å². The van der Waals surface area contributed by atoms with Crippen LogP contribution in [0.1, 0.15) is 203 Å². The first kappa shape index (κ1) is 110. The van der Waals surface area contributed by atoms with Crippen LogP contribution in [0.3, 0.4) is 0 Å². The lowest BCUT2D eigenvalue weighted by Crippen LogP contribution is -2.52. The second-order valence-electron chi connectivity index (χ2n) is 30.4. The summed E-state index contributed by atoms with van der Waals surface area (Å²) in [7, 11) is -14.2. The fourth-order valence-electron chi connectivity index (χ4n) is 15.1. The van der Waals surface area contributed by atoms with Crippen molar-refractivity contribution in [3.05, 3.63) is 0 Å². The highest BCUT2D eigenvalue weighted by atomic mass is 32.3. The molecule has 0 aromatic heterocycles. The third kappa shape index (κ3) is 28.9. The molecule has 7 saturated heterocycles. The molecule has 2 N–H and O–H groups in total. The van der Waals surface area contributed by atoms with Crippen molar-refractivity contribution in [2.75, 3.05) is 75.2 Å². The summed E-state index contributed by atoms with van der Waals surface area (Å²) in [5, 5.41) is 27.0. The van der Waals surface area contributed by atoms with Gasteiger partial charge in [0.05, 0.1) is 67.0 Å². The number of carbonyl (C=O) groups excluding carboxylic acids is 3. The van der Waals surface area contributed by atoms with Crippen molar-refractivity contribution in [1.82, 2.24) is 0 Å². The van der Waals surface area contributed by atoms with Gasteiger partial charge in [-0.05, 0) is 88.9 Å². The van der Waals surface area contributed by atoms with Gasteiger partial charge >= 0.3 is 64.8 Å². The molecular weight excluding hydrogens is 1730 g/mol. The summed E-state index contributed by atoms with van der Waals surface area (Å²) < 4.78 is 326. The number of esters is 3. The van der Waals surface area contributed by atoms with Crippen molar-refractivity contribution in [3.8, 4) is 6.07 Å². The van der Waals surface area contributed by atoms with E-state index in [0.29, 0.717) is 25.7 Å². The lowest BCUT2D eigenvalue weighted by molar-refractivity contribution is -0.259. The molecule has 121 heavy (non-hydrogen) atoms. The smallest absolute Gasteiger partial charge is 0.457 e. The Kier molecular flexibility index (Phi) is 43.1. The van der Waals surface area contributed by atoms with E-state index in [4.69, 9.17) is 95.5 Å². The molecular formula is C74H132F9NO33S4. The van der Waals surface area contributed by atoms with Crippen LogP contribution in [0, 0.1) is 40.9 Å². The second-order valence-corrected chi connectivity index (χ2v) is 36.8. The van der Waals surface area contributed by atoms with Gasteiger partial charge in [-0.1, -0.05) is 111 Å². The number of hydrogen-bond donors (Lipinski definition) is 2. The number of nitrogens with zero attached hydrogens (tertiary/aromatic N) is 1. The topological polar surface area (TPSA) is 437 Å². The number of carbonyl (C=O) groups is 3. The van der Waals surface area contributed by atoms with Crippen molar-refractivity contribution in [3.63, 3.8) is 0 Å². The zero-order valence-corrected chi connectivity index (χ0v) is 77.4. The van der Waals surface area contributed by atoms with Gasteiger partial charge in [0.2, 0.25) is 6.29 Å². The highest BCUT2D eigenvalue weighted by Crippen LogP contribution is 2.49. The Labute approximate surface area is 713 Å². The van der Waals surface area contributed by atoms with E-state index in [9.17, 15) is 97.8 Å². The first-order valence-electron chi connectivity index (χ1n) is 40.7. The lowest BCUT2D eigenvalue weighted by Gasteiger charge is -2.37. The average Bonchev–Trinajstić information content (AvgIpc) is 1.58. The maximum atomic E-state index is 12.4. The fourth-order valence-corrected chi connectivity index (χ4v) is 17.8. The van der Waals surface area contributed by atoms with E-state index >= 15 is 0 Å². The molecule has 0 spiro atoms. The van der Waals surface area contributed by atoms with E-state index in [0.717, 1.165) is 19.1 Å². The summed E-state index contributed by atoms with van der Waals surface area (Å²) in [4.78, 5) is 33.6. The van der Waals surface area contributed by atoms with Crippen molar-refractivity contribution in [2.45, 2.75) is 346 Å². The van der Waals surface area contributed by atoms with E-state index in [1.54, 1.807) is 55.1 Å². The van der Waals surface area contributed by atoms with Crippen LogP contribution in [0.2, 0.25) is 0 Å². The Morgan fingerprint density at radius 3 is 1.04 bits per heavy atom.